The number of hydrogen-bond acceptors (Lipinski definition) is 13. The molecule has 354 valence electrons. The Morgan fingerprint density at radius 1 is 0.970 bits per heavy atom. The number of aryl methyl sites for hydroxylation is 1. The van der Waals surface area contributed by atoms with Gasteiger partial charge in [-0.1, -0.05) is 24.3 Å². The predicted molar refractivity (Wildman–Crippen MR) is 255 cm³/mol. The van der Waals surface area contributed by atoms with Crippen molar-refractivity contribution in [3.05, 3.63) is 111 Å². The molecule has 1 atom stereocenters. The average Bonchev–Trinajstić information content (AvgIpc) is 3.28. The molecule has 3 heterocycles. The number of methoxy groups -OCH3 is 1. The van der Waals surface area contributed by atoms with Crippen LogP contribution in [-0.4, -0.2) is 103 Å². The maximum absolute atomic E-state index is 13.3. The summed E-state index contributed by atoms with van der Waals surface area (Å²) < 4.78 is 40.7. The van der Waals surface area contributed by atoms with Crippen molar-refractivity contribution in [3.63, 3.8) is 0 Å². The first-order valence-corrected chi connectivity index (χ1v) is 24.9. The van der Waals surface area contributed by atoms with Crippen molar-refractivity contribution in [2.75, 3.05) is 56.6 Å². The van der Waals surface area contributed by atoms with Gasteiger partial charge in [0.15, 0.2) is 0 Å². The fourth-order valence-electron chi connectivity index (χ4n) is 10.5. The van der Waals surface area contributed by atoms with Gasteiger partial charge in [0.1, 0.15) is 11.4 Å². The number of nitrogens with one attached hydrogen (secondary N) is 2. The number of amides is 1. The monoisotopic (exact) mass is 923 g/mol. The number of benzene rings is 3. The zero-order valence-electron chi connectivity index (χ0n) is 38.9. The van der Waals surface area contributed by atoms with Crippen LogP contribution in [-0.2, 0) is 16.6 Å². The van der Waals surface area contributed by atoms with Gasteiger partial charge in [-0.3, -0.25) is 24.7 Å². The van der Waals surface area contributed by atoms with Crippen LogP contribution < -0.4 is 24.4 Å². The maximum Gasteiger partial charge on any atom is 0.293 e. The highest BCUT2D eigenvalue weighted by Crippen LogP contribution is 2.53. The predicted octanol–water partition coefficient (Wildman–Crippen LogP) is 7.87. The molecule has 2 saturated heterocycles. The number of para-hydroxylation sites is 1. The Labute approximate surface area is 389 Å². The number of hydrogen-bond donors (Lipinski definition) is 3. The highest BCUT2D eigenvalue weighted by atomic mass is 32.2. The van der Waals surface area contributed by atoms with Crippen molar-refractivity contribution >= 4 is 33.0 Å². The number of nitro groups is 1. The molecule has 1 spiro atoms. The lowest BCUT2D eigenvalue weighted by molar-refractivity contribution is -0.384. The molecular formula is C50H65N7O8S. The van der Waals surface area contributed by atoms with Crippen molar-refractivity contribution in [2.45, 2.75) is 114 Å². The van der Waals surface area contributed by atoms with E-state index < -0.39 is 32.1 Å². The molecule has 1 aromatic heterocycles. The summed E-state index contributed by atoms with van der Waals surface area (Å²) in [4.78, 5) is 36.6. The molecule has 2 aliphatic heterocycles. The van der Waals surface area contributed by atoms with E-state index >= 15 is 0 Å². The Hall–Kier alpha value is -5.29. The molecule has 4 aliphatic rings. The van der Waals surface area contributed by atoms with E-state index in [0.717, 1.165) is 107 Å². The Bertz CT molecular complexity index is 2470. The van der Waals surface area contributed by atoms with Crippen molar-refractivity contribution in [2.24, 2.45) is 11.3 Å². The minimum atomic E-state index is -4.42. The number of carbonyl (C=O) groups is 1. The van der Waals surface area contributed by atoms with E-state index in [9.17, 15) is 28.4 Å². The van der Waals surface area contributed by atoms with E-state index in [1.165, 1.54) is 17.7 Å². The van der Waals surface area contributed by atoms with Crippen LogP contribution in [0.15, 0.2) is 83.8 Å². The number of carbonyl (C=O) groups excluding carboxylic acids is 1. The van der Waals surface area contributed by atoms with Gasteiger partial charge in [-0.15, -0.1) is 0 Å². The number of sulfonamides is 1. The van der Waals surface area contributed by atoms with E-state index in [1.807, 2.05) is 26.0 Å². The highest BCUT2D eigenvalue weighted by Gasteiger charge is 2.50. The molecule has 66 heavy (non-hydrogen) atoms. The summed E-state index contributed by atoms with van der Waals surface area (Å²) in [7, 11) is -2.75. The Balaban J connectivity index is 0.862. The first-order valence-electron chi connectivity index (χ1n) is 23.4. The van der Waals surface area contributed by atoms with Crippen molar-refractivity contribution in [1.82, 2.24) is 19.5 Å². The second-order valence-electron chi connectivity index (χ2n) is 19.6. The number of anilines is 2. The summed E-state index contributed by atoms with van der Waals surface area (Å²) in [5.74, 6) is 1.03. The molecule has 2 aliphatic carbocycles. The molecule has 0 unspecified atom stereocenters. The van der Waals surface area contributed by atoms with Gasteiger partial charge in [0.05, 0.1) is 40.4 Å². The molecule has 0 radical (unpaired) electrons. The third-order valence-electron chi connectivity index (χ3n) is 14.4. The van der Waals surface area contributed by atoms with Crippen LogP contribution in [0.5, 0.6) is 11.6 Å². The lowest BCUT2D eigenvalue weighted by atomic mass is 9.59. The van der Waals surface area contributed by atoms with Gasteiger partial charge in [0.25, 0.3) is 21.6 Å². The molecule has 8 rings (SSSR count). The summed E-state index contributed by atoms with van der Waals surface area (Å²) in [5.41, 5.74) is 3.77. The Morgan fingerprint density at radius 2 is 1.68 bits per heavy atom. The quantitative estimate of drug-likeness (QED) is 0.0776. The normalized spacial score (nSPS) is 22.7. The van der Waals surface area contributed by atoms with Crippen LogP contribution in [0.2, 0.25) is 0 Å². The zero-order valence-corrected chi connectivity index (χ0v) is 39.7. The van der Waals surface area contributed by atoms with Crippen molar-refractivity contribution in [1.29, 1.82) is 0 Å². The van der Waals surface area contributed by atoms with E-state index in [0.29, 0.717) is 31.3 Å². The molecule has 16 heteroatoms. The minimum absolute atomic E-state index is 0.0638. The molecule has 1 amide bonds. The molecule has 3 N–H and O–H groups in total. The first-order chi connectivity index (χ1) is 31.5. The standard InChI is InChI=1S/C50H65N7O8S/c1-34(2)65-46-9-7-6-8-42(46)45-33-54(32-38-13-10-35(3)48(52-38)64-5)26-27-56(45)40-29-50(30-40)22-24-55(25-23-50)39-14-11-37(12-15-39)47(58)53-66(62,63)41-16-17-43(44(28-41)57(60)61)51-31-36-18-20-49(4,59)21-19-36/h6-17,28,34,36,40,45,51,59H,18-27,29-33H2,1-5H3,(H,53,58)/t36?,45-,49?/m1/s1. The van der Waals surface area contributed by atoms with Crippen molar-refractivity contribution < 1.29 is 32.7 Å². The Morgan fingerprint density at radius 3 is 2.36 bits per heavy atom. The van der Waals surface area contributed by atoms with Gasteiger partial charge in [-0.2, -0.15) is 0 Å². The van der Waals surface area contributed by atoms with Crippen LogP contribution >= 0.6 is 0 Å². The van der Waals surface area contributed by atoms with Gasteiger partial charge in [0.2, 0.25) is 5.88 Å². The minimum Gasteiger partial charge on any atom is -0.491 e. The van der Waals surface area contributed by atoms with Crippen LogP contribution in [0.25, 0.3) is 0 Å². The van der Waals surface area contributed by atoms with Crippen LogP contribution in [0.3, 0.4) is 0 Å². The highest BCUT2D eigenvalue weighted by molar-refractivity contribution is 7.90. The lowest BCUT2D eigenvalue weighted by Gasteiger charge is -2.58. The molecule has 4 aromatic rings. The Kier molecular flexibility index (Phi) is 14.0. The summed E-state index contributed by atoms with van der Waals surface area (Å²) >= 11 is 0. The first kappa shape index (κ1) is 47.2. The fourth-order valence-corrected chi connectivity index (χ4v) is 11.5. The third-order valence-corrected chi connectivity index (χ3v) is 15.8. The third kappa shape index (κ3) is 10.8. The molecule has 3 aromatic carbocycles. The van der Waals surface area contributed by atoms with E-state index in [2.05, 4.69) is 75.0 Å². The van der Waals surface area contributed by atoms with E-state index in [1.54, 1.807) is 19.2 Å². The lowest BCUT2D eigenvalue weighted by Crippen LogP contribution is -2.59. The zero-order chi connectivity index (χ0) is 46.8. The number of pyridine rings is 1. The van der Waals surface area contributed by atoms with Crippen LogP contribution in [0.1, 0.15) is 105 Å². The fraction of sp³-hybridized carbons (Fsp3) is 0.520. The number of piperazine rings is 1. The number of nitrogens with zero attached hydrogens (tertiary/aromatic N) is 5. The van der Waals surface area contributed by atoms with Gasteiger partial charge in [-0.25, -0.2) is 18.1 Å². The van der Waals surface area contributed by atoms with Gasteiger partial charge in [-0.05, 0) is 139 Å². The summed E-state index contributed by atoms with van der Waals surface area (Å²) in [5, 5.41) is 25.3. The topological polar surface area (TPSA) is 180 Å². The molecule has 4 fully saturated rings. The molecule has 0 bridgehead atoms. The summed E-state index contributed by atoms with van der Waals surface area (Å²) in [6, 6.07) is 23.9. The van der Waals surface area contributed by atoms with Gasteiger partial charge < -0.3 is 24.8 Å². The summed E-state index contributed by atoms with van der Waals surface area (Å²) in [6.45, 7) is 13.7. The number of ether oxygens (including phenoxy) is 2. The van der Waals surface area contributed by atoms with E-state index in [-0.39, 0.29) is 39.6 Å². The van der Waals surface area contributed by atoms with Crippen molar-refractivity contribution in [3.8, 4) is 11.6 Å². The van der Waals surface area contributed by atoms with Crippen LogP contribution in [0.4, 0.5) is 17.1 Å². The number of piperidine rings is 1. The summed E-state index contributed by atoms with van der Waals surface area (Å²) in [6.07, 6.45) is 7.34. The molecule has 15 nitrogen and oxygen atoms in total. The number of rotatable bonds is 15. The number of aromatic nitrogens is 1. The number of aliphatic hydroxyl groups is 1. The smallest absolute Gasteiger partial charge is 0.293 e. The van der Waals surface area contributed by atoms with E-state index in [4.69, 9.17) is 14.5 Å². The van der Waals surface area contributed by atoms with Crippen LogP contribution in [0, 0.1) is 28.4 Å². The van der Waals surface area contributed by atoms with Gasteiger partial charge >= 0.3 is 0 Å². The van der Waals surface area contributed by atoms with Gasteiger partial charge in [0, 0.05) is 80.3 Å². The maximum atomic E-state index is 13.3. The molecule has 2 saturated carbocycles. The largest absolute Gasteiger partial charge is 0.491 e. The molecular weight excluding hydrogens is 859 g/mol. The second-order valence-corrected chi connectivity index (χ2v) is 21.3. The average molecular weight is 924 g/mol. The number of nitro benzene ring substituents is 1. The SMILES string of the molecule is COc1nc(CN2CCN(C3CC4(CCN(c5ccc(C(=O)NS(=O)(=O)c6ccc(NCC7CCC(C)(O)CC7)c([N+](=O)[O-])c6)cc5)CC4)C3)[C@@H](c3ccccc3OC(C)C)C2)ccc1C. The second kappa shape index (κ2) is 19.5.